The Labute approximate surface area is 123 Å². The van der Waals surface area contributed by atoms with Crippen molar-refractivity contribution in [2.75, 3.05) is 6.54 Å². The number of carbonyl (C=O) groups excluding carboxylic acids is 1. The highest BCUT2D eigenvalue weighted by atomic mass is 35.7. The number of hydrogen-bond donors (Lipinski definition) is 1. The van der Waals surface area contributed by atoms with Crippen molar-refractivity contribution in [3.05, 3.63) is 29.3 Å². The molecule has 1 aromatic rings. The minimum atomic E-state index is -3.82. The molecule has 20 heavy (non-hydrogen) atoms. The third-order valence-electron chi connectivity index (χ3n) is 3.52. The number of carbonyl (C=O) groups is 1. The zero-order valence-corrected chi connectivity index (χ0v) is 12.9. The van der Waals surface area contributed by atoms with Gasteiger partial charge in [-0.05, 0) is 36.5 Å². The van der Waals surface area contributed by atoms with Crippen molar-refractivity contribution in [1.29, 1.82) is 0 Å². The van der Waals surface area contributed by atoms with Gasteiger partial charge in [-0.3, -0.25) is 4.79 Å². The fourth-order valence-electron chi connectivity index (χ4n) is 2.12. The van der Waals surface area contributed by atoms with Crippen LogP contribution in [0.2, 0.25) is 0 Å². The Bertz CT molecular complexity index is 609. The second-order valence-electron chi connectivity index (χ2n) is 5.10. The number of amides is 1. The molecule has 0 radical (unpaired) electrons. The van der Waals surface area contributed by atoms with E-state index in [1.165, 1.54) is 25.0 Å². The van der Waals surface area contributed by atoms with Crippen molar-refractivity contribution in [2.24, 2.45) is 5.92 Å². The summed E-state index contributed by atoms with van der Waals surface area (Å²) < 4.78 is 22.7. The smallest absolute Gasteiger partial charge is 0.261 e. The molecule has 0 spiro atoms. The summed E-state index contributed by atoms with van der Waals surface area (Å²) in [6.07, 6.45) is 4.14. The molecule has 1 aliphatic rings. The lowest BCUT2D eigenvalue weighted by Gasteiger charge is -2.10. The van der Waals surface area contributed by atoms with E-state index in [-0.39, 0.29) is 10.8 Å². The average molecular weight is 316 g/mol. The van der Waals surface area contributed by atoms with Crippen molar-refractivity contribution in [2.45, 2.75) is 37.5 Å². The zero-order valence-electron chi connectivity index (χ0n) is 11.4. The highest BCUT2D eigenvalue weighted by Gasteiger charge is 2.21. The van der Waals surface area contributed by atoms with Gasteiger partial charge >= 0.3 is 0 Å². The van der Waals surface area contributed by atoms with Gasteiger partial charge in [-0.15, -0.1) is 0 Å². The Hall–Kier alpha value is -1.07. The Kier molecular flexibility index (Phi) is 4.70. The van der Waals surface area contributed by atoms with Crippen LogP contribution in [0.15, 0.2) is 23.1 Å². The van der Waals surface area contributed by atoms with Crippen LogP contribution in [-0.4, -0.2) is 20.9 Å². The highest BCUT2D eigenvalue weighted by Crippen LogP contribution is 2.31. The summed E-state index contributed by atoms with van der Waals surface area (Å²) in [7, 11) is 1.51. The quantitative estimate of drug-likeness (QED) is 0.821. The number of benzene rings is 1. The van der Waals surface area contributed by atoms with Gasteiger partial charge < -0.3 is 5.32 Å². The SMILES string of the molecule is CCc1ccc(S(=O)(=O)Cl)cc1C(=O)NCCC1CC1. The zero-order chi connectivity index (χ0) is 14.8. The average Bonchev–Trinajstić information content (AvgIpc) is 3.21. The van der Waals surface area contributed by atoms with E-state index in [2.05, 4.69) is 5.32 Å². The van der Waals surface area contributed by atoms with Gasteiger partial charge in [-0.2, -0.15) is 0 Å². The molecule has 0 atom stereocenters. The molecule has 1 fully saturated rings. The van der Waals surface area contributed by atoms with E-state index in [9.17, 15) is 13.2 Å². The van der Waals surface area contributed by atoms with E-state index in [1.54, 1.807) is 6.07 Å². The van der Waals surface area contributed by atoms with Crippen molar-refractivity contribution in [3.8, 4) is 0 Å². The lowest BCUT2D eigenvalue weighted by molar-refractivity contribution is 0.0951. The van der Waals surface area contributed by atoms with Crippen molar-refractivity contribution >= 4 is 25.6 Å². The fourth-order valence-corrected chi connectivity index (χ4v) is 2.90. The molecule has 0 saturated heterocycles. The van der Waals surface area contributed by atoms with E-state index in [1.807, 2.05) is 6.92 Å². The predicted molar refractivity (Wildman–Crippen MR) is 78.5 cm³/mol. The number of nitrogens with one attached hydrogen (secondary N) is 1. The van der Waals surface area contributed by atoms with Gasteiger partial charge in [0.05, 0.1) is 4.90 Å². The van der Waals surface area contributed by atoms with Crippen LogP contribution in [0.4, 0.5) is 0 Å². The summed E-state index contributed by atoms with van der Waals surface area (Å²) in [5.74, 6) is 0.514. The predicted octanol–water partition coefficient (Wildman–Crippen LogP) is 2.71. The van der Waals surface area contributed by atoms with Crippen LogP contribution in [0.1, 0.15) is 42.1 Å². The molecule has 0 aromatic heterocycles. The van der Waals surface area contributed by atoms with Gasteiger partial charge in [0.2, 0.25) is 0 Å². The summed E-state index contributed by atoms with van der Waals surface area (Å²) in [6.45, 7) is 2.55. The largest absolute Gasteiger partial charge is 0.352 e. The Morgan fingerprint density at radius 3 is 2.65 bits per heavy atom. The van der Waals surface area contributed by atoms with Crippen LogP contribution in [-0.2, 0) is 15.5 Å². The Balaban J connectivity index is 2.15. The molecule has 0 unspecified atom stereocenters. The first-order valence-electron chi connectivity index (χ1n) is 6.77. The molecule has 0 aliphatic heterocycles. The Morgan fingerprint density at radius 2 is 2.10 bits per heavy atom. The summed E-state index contributed by atoms with van der Waals surface area (Å²) in [6, 6.07) is 4.43. The lowest BCUT2D eigenvalue weighted by Crippen LogP contribution is -2.26. The molecule has 0 bridgehead atoms. The van der Waals surface area contributed by atoms with Crippen LogP contribution >= 0.6 is 10.7 Å². The van der Waals surface area contributed by atoms with Crippen LogP contribution in [0, 0.1) is 5.92 Å². The summed E-state index contributed by atoms with van der Waals surface area (Å²) in [5.41, 5.74) is 1.21. The molecule has 2 rings (SSSR count). The number of halogens is 1. The maximum Gasteiger partial charge on any atom is 0.261 e. The molecule has 1 amide bonds. The monoisotopic (exact) mass is 315 g/mol. The Morgan fingerprint density at radius 1 is 1.40 bits per heavy atom. The van der Waals surface area contributed by atoms with Gasteiger partial charge in [0.15, 0.2) is 0 Å². The first kappa shape index (κ1) is 15.3. The minimum Gasteiger partial charge on any atom is -0.352 e. The summed E-state index contributed by atoms with van der Waals surface area (Å²) >= 11 is 0. The molecule has 6 heteroatoms. The third-order valence-corrected chi connectivity index (χ3v) is 4.87. The minimum absolute atomic E-state index is 0.0382. The molecule has 4 nitrogen and oxygen atoms in total. The lowest BCUT2D eigenvalue weighted by atomic mass is 10.0. The molecular weight excluding hydrogens is 298 g/mol. The van der Waals surface area contributed by atoms with E-state index in [4.69, 9.17) is 10.7 Å². The molecule has 1 N–H and O–H groups in total. The fraction of sp³-hybridized carbons (Fsp3) is 0.500. The van der Waals surface area contributed by atoms with E-state index in [0.29, 0.717) is 18.5 Å². The normalized spacial score (nSPS) is 15.1. The molecule has 1 aromatic carbocycles. The van der Waals surface area contributed by atoms with Crippen molar-refractivity contribution in [1.82, 2.24) is 5.32 Å². The van der Waals surface area contributed by atoms with Gasteiger partial charge in [0.25, 0.3) is 15.0 Å². The van der Waals surface area contributed by atoms with Gasteiger partial charge in [0.1, 0.15) is 0 Å². The number of aryl methyl sites for hydroxylation is 1. The summed E-state index contributed by atoms with van der Waals surface area (Å²) in [4.78, 5) is 12.1. The van der Waals surface area contributed by atoms with Gasteiger partial charge in [0, 0.05) is 22.8 Å². The number of hydrogen-bond acceptors (Lipinski definition) is 3. The van der Waals surface area contributed by atoms with Crippen molar-refractivity contribution in [3.63, 3.8) is 0 Å². The van der Waals surface area contributed by atoms with E-state index in [0.717, 1.165) is 17.9 Å². The van der Waals surface area contributed by atoms with Gasteiger partial charge in [-0.25, -0.2) is 8.42 Å². The maximum absolute atomic E-state index is 12.2. The molecule has 110 valence electrons. The molecule has 1 aliphatic carbocycles. The second-order valence-corrected chi connectivity index (χ2v) is 7.66. The summed E-state index contributed by atoms with van der Waals surface area (Å²) in [5, 5.41) is 2.85. The second kappa shape index (κ2) is 6.14. The number of rotatable bonds is 6. The van der Waals surface area contributed by atoms with Gasteiger partial charge in [-0.1, -0.05) is 25.8 Å². The molecular formula is C14H18ClNO3S. The first-order chi connectivity index (χ1) is 9.41. The van der Waals surface area contributed by atoms with Crippen LogP contribution < -0.4 is 5.32 Å². The topological polar surface area (TPSA) is 63.2 Å². The molecule has 0 heterocycles. The van der Waals surface area contributed by atoms with Crippen molar-refractivity contribution < 1.29 is 13.2 Å². The maximum atomic E-state index is 12.2. The third kappa shape index (κ3) is 3.96. The highest BCUT2D eigenvalue weighted by molar-refractivity contribution is 8.13. The van der Waals surface area contributed by atoms with Crippen LogP contribution in [0.5, 0.6) is 0 Å². The first-order valence-corrected chi connectivity index (χ1v) is 9.08. The van der Waals surface area contributed by atoms with Crippen LogP contribution in [0.25, 0.3) is 0 Å². The van der Waals surface area contributed by atoms with Crippen LogP contribution in [0.3, 0.4) is 0 Å². The van der Waals surface area contributed by atoms with E-state index >= 15 is 0 Å². The standard InChI is InChI=1S/C14H18ClNO3S/c1-2-11-5-6-12(20(15,18)19)9-13(11)14(17)16-8-7-10-3-4-10/h5-6,9-10H,2-4,7-8H2,1H3,(H,16,17). The molecule has 1 saturated carbocycles. The van der Waals surface area contributed by atoms with E-state index < -0.39 is 9.05 Å².